The molecule has 1 aliphatic heterocycles. The molecule has 0 saturated carbocycles. The molecular weight excluding hydrogens is 314 g/mol. The minimum absolute atomic E-state index is 0.106. The minimum Gasteiger partial charge on any atom is -0.494 e. The van der Waals surface area contributed by atoms with Gasteiger partial charge in [-0.25, -0.2) is 4.98 Å². The van der Waals surface area contributed by atoms with Gasteiger partial charge in [0.05, 0.1) is 12.6 Å². The number of hydrogen-bond donors (Lipinski definition) is 0. The van der Waals surface area contributed by atoms with Crippen LogP contribution in [0.1, 0.15) is 54.5 Å². The predicted octanol–water partition coefficient (Wildman–Crippen LogP) is 3.63. The van der Waals surface area contributed by atoms with Crippen molar-refractivity contribution in [2.45, 2.75) is 46.1 Å². The van der Waals surface area contributed by atoms with Crippen LogP contribution in [0.15, 0.2) is 30.6 Å². The zero-order valence-corrected chi connectivity index (χ0v) is 15.4. The van der Waals surface area contributed by atoms with Gasteiger partial charge in [0.25, 0.3) is 5.91 Å². The SMILES string of the molecule is CCOc1ccc(C(=O)N2CCCC(n3ccnc3CC)C2)cc1C. The van der Waals surface area contributed by atoms with E-state index >= 15 is 0 Å². The summed E-state index contributed by atoms with van der Waals surface area (Å²) in [6, 6.07) is 6.03. The van der Waals surface area contributed by atoms with Crippen LogP contribution in [-0.2, 0) is 6.42 Å². The van der Waals surface area contributed by atoms with Crippen molar-refractivity contribution >= 4 is 5.91 Å². The van der Waals surface area contributed by atoms with E-state index in [0.717, 1.165) is 55.1 Å². The van der Waals surface area contributed by atoms with Gasteiger partial charge in [-0.05, 0) is 50.5 Å². The predicted molar refractivity (Wildman–Crippen MR) is 98.1 cm³/mol. The Kier molecular flexibility index (Phi) is 5.41. The van der Waals surface area contributed by atoms with Gasteiger partial charge in [0.15, 0.2) is 0 Å². The number of nitrogens with zero attached hydrogens (tertiary/aromatic N) is 3. The van der Waals surface area contributed by atoms with Gasteiger partial charge in [0.2, 0.25) is 0 Å². The number of hydrogen-bond acceptors (Lipinski definition) is 3. The number of benzene rings is 1. The van der Waals surface area contributed by atoms with Gasteiger partial charge in [-0.1, -0.05) is 6.92 Å². The molecule has 5 nitrogen and oxygen atoms in total. The summed E-state index contributed by atoms with van der Waals surface area (Å²) in [6.07, 6.45) is 6.92. The number of aryl methyl sites for hydroxylation is 2. The molecule has 0 spiro atoms. The Morgan fingerprint density at radius 3 is 2.92 bits per heavy atom. The van der Waals surface area contributed by atoms with Crippen LogP contribution in [0.2, 0.25) is 0 Å². The van der Waals surface area contributed by atoms with Crippen LogP contribution >= 0.6 is 0 Å². The third-order valence-electron chi connectivity index (χ3n) is 4.86. The molecule has 1 fully saturated rings. The van der Waals surface area contributed by atoms with Gasteiger partial charge in [0.1, 0.15) is 11.6 Å². The fraction of sp³-hybridized carbons (Fsp3) is 0.500. The van der Waals surface area contributed by atoms with E-state index in [1.54, 1.807) is 0 Å². The summed E-state index contributed by atoms with van der Waals surface area (Å²) < 4.78 is 7.81. The third kappa shape index (κ3) is 3.70. The molecule has 0 aliphatic carbocycles. The molecule has 3 rings (SSSR count). The van der Waals surface area contributed by atoms with Gasteiger partial charge in [0, 0.05) is 37.5 Å². The van der Waals surface area contributed by atoms with E-state index in [1.807, 2.05) is 49.3 Å². The van der Waals surface area contributed by atoms with Crippen LogP contribution in [0.4, 0.5) is 0 Å². The van der Waals surface area contributed by atoms with Crippen molar-refractivity contribution in [3.8, 4) is 5.75 Å². The Morgan fingerprint density at radius 2 is 2.20 bits per heavy atom. The first-order valence-corrected chi connectivity index (χ1v) is 9.18. The molecule has 1 saturated heterocycles. The maximum absolute atomic E-state index is 13.0. The fourth-order valence-electron chi connectivity index (χ4n) is 3.60. The normalized spacial score (nSPS) is 17.6. The summed E-state index contributed by atoms with van der Waals surface area (Å²) in [5.74, 6) is 2.05. The zero-order chi connectivity index (χ0) is 17.8. The van der Waals surface area contributed by atoms with Crippen molar-refractivity contribution in [1.29, 1.82) is 0 Å². The quantitative estimate of drug-likeness (QED) is 0.834. The van der Waals surface area contributed by atoms with Crippen LogP contribution in [0.25, 0.3) is 0 Å². The van der Waals surface area contributed by atoms with E-state index in [2.05, 4.69) is 16.5 Å². The molecule has 0 N–H and O–H groups in total. The van der Waals surface area contributed by atoms with Crippen LogP contribution in [0.3, 0.4) is 0 Å². The van der Waals surface area contributed by atoms with Crippen molar-refractivity contribution in [3.05, 3.63) is 47.5 Å². The van der Waals surface area contributed by atoms with E-state index in [-0.39, 0.29) is 5.91 Å². The monoisotopic (exact) mass is 341 g/mol. The highest BCUT2D eigenvalue weighted by Crippen LogP contribution is 2.26. The maximum Gasteiger partial charge on any atom is 0.253 e. The van der Waals surface area contributed by atoms with Crippen LogP contribution < -0.4 is 4.74 Å². The third-order valence-corrected chi connectivity index (χ3v) is 4.86. The van der Waals surface area contributed by atoms with Crippen LogP contribution in [0, 0.1) is 6.92 Å². The first-order chi connectivity index (χ1) is 12.1. The van der Waals surface area contributed by atoms with Crippen molar-refractivity contribution in [2.24, 2.45) is 0 Å². The Balaban J connectivity index is 1.75. The highest BCUT2D eigenvalue weighted by molar-refractivity contribution is 5.94. The van der Waals surface area contributed by atoms with Crippen molar-refractivity contribution in [2.75, 3.05) is 19.7 Å². The lowest BCUT2D eigenvalue weighted by molar-refractivity contribution is 0.0678. The van der Waals surface area contributed by atoms with Gasteiger partial charge in [-0.2, -0.15) is 0 Å². The molecule has 0 bridgehead atoms. The maximum atomic E-state index is 13.0. The number of carbonyl (C=O) groups excluding carboxylic acids is 1. The standard InChI is InChI=1S/C20H27N3O2/c1-4-19-21-10-12-23(19)17-7-6-11-22(14-17)20(24)16-8-9-18(25-5-2)15(3)13-16/h8-10,12-13,17H,4-7,11,14H2,1-3H3. The Bertz CT molecular complexity index is 738. The van der Waals surface area contributed by atoms with Crippen molar-refractivity contribution in [3.63, 3.8) is 0 Å². The molecule has 1 aliphatic rings. The number of ether oxygens (including phenoxy) is 1. The molecule has 1 atom stereocenters. The highest BCUT2D eigenvalue weighted by Gasteiger charge is 2.26. The smallest absolute Gasteiger partial charge is 0.253 e. The number of likely N-dealkylation sites (tertiary alicyclic amines) is 1. The summed E-state index contributed by atoms with van der Waals surface area (Å²) in [4.78, 5) is 19.3. The van der Waals surface area contributed by atoms with E-state index < -0.39 is 0 Å². The van der Waals surface area contributed by atoms with Gasteiger partial charge >= 0.3 is 0 Å². The lowest BCUT2D eigenvalue weighted by atomic mass is 10.0. The lowest BCUT2D eigenvalue weighted by Gasteiger charge is -2.34. The summed E-state index contributed by atoms with van der Waals surface area (Å²) in [7, 11) is 0. The number of imidazole rings is 1. The molecule has 0 radical (unpaired) electrons. The second kappa shape index (κ2) is 7.72. The van der Waals surface area contributed by atoms with E-state index in [4.69, 9.17) is 4.74 Å². The average Bonchev–Trinajstić information content (AvgIpc) is 3.12. The molecule has 1 aromatic heterocycles. The summed E-state index contributed by atoms with van der Waals surface area (Å²) in [6.45, 7) is 8.26. The summed E-state index contributed by atoms with van der Waals surface area (Å²) >= 11 is 0. The fourth-order valence-corrected chi connectivity index (χ4v) is 3.60. The number of amides is 1. The Morgan fingerprint density at radius 1 is 1.36 bits per heavy atom. The largest absolute Gasteiger partial charge is 0.494 e. The van der Waals surface area contributed by atoms with Gasteiger partial charge < -0.3 is 14.2 Å². The topological polar surface area (TPSA) is 47.4 Å². The Hall–Kier alpha value is -2.30. The Labute approximate surface area is 149 Å². The molecule has 25 heavy (non-hydrogen) atoms. The second-order valence-electron chi connectivity index (χ2n) is 6.56. The second-order valence-corrected chi connectivity index (χ2v) is 6.56. The summed E-state index contributed by atoms with van der Waals surface area (Å²) in [5.41, 5.74) is 1.74. The number of aromatic nitrogens is 2. The first-order valence-electron chi connectivity index (χ1n) is 9.18. The van der Waals surface area contributed by atoms with E-state index in [0.29, 0.717) is 12.6 Å². The number of rotatable bonds is 5. The van der Waals surface area contributed by atoms with Crippen LogP contribution in [0.5, 0.6) is 5.75 Å². The van der Waals surface area contributed by atoms with E-state index in [1.165, 1.54) is 0 Å². The minimum atomic E-state index is 0.106. The highest BCUT2D eigenvalue weighted by atomic mass is 16.5. The molecule has 1 unspecified atom stereocenters. The molecular formula is C20H27N3O2. The van der Waals surface area contributed by atoms with Crippen molar-refractivity contribution in [1.82, 2.24) is 14.5 Å². The molecule has 5 heteroatoms. The molecule has 2 heterocycles. The van der Waals surface area contributed by atoms with Gasteiger partial charge in [-0.3, -0.25) is 4.79 Å². The summed E-state index contributed by atoms with van der Waals surface area (Å²) in [5, 5.41) is 0. The lowest BCUT2D eigenvalue weighted by Crippen LogP contribution is -2.41. The molecule has 1 amide bonds. The van der Waals surface area contributed by atoms with Crippen LogP contribution in [-0.4, -0.2) is 40.1 Å². The molecule has 134 valence electrons. The first kappa shape index (κ1) is 17.5. The van der Waals surface area contributed by atoms with E-state index in [9.17, 15) is 4.79 Å². The van der Waals surface area contributed by atoms with Crippen molar-refractivity contribution < 1.29 is 9.53 Å². The number of carbonyl (C=O) groups is 1. The zero-order valence-electron chi connectivity index (χ0n) is 15.4. The van der Waals surface area contributed by atoms with Gasteiger partial charge in [-0.15, -0.1) is 0 Å². The number of piperidine rings is 1. The average molecular weight is 341 g/mol. The molecule has 1 aromatic carbocycles. The molecule has 2 aromatic rings.